The second-order valence-electron chi connectivity index (χ2n) is 4.98. The summed E-state index contributed by atoms with van der Waals surface area (Å²) >= 11 is 1.70. The number of nitrogens with zero attached hydrogens (tertiary/aromatic N) is 1. The van der Waals surface area contributed by atoms with E-state index < -0.39 is 0 Å². The average Bonchev–Trinajstić information content (AvgIpc) is 2.75. The molecule has 2 rings (SSSR count). The number of thioether (sulfide) groups is 1. The van der Waals surface area contributed by atoms with Crippen molar-refractivity contribution >= 4 is 30.1 Å². The molecule has 0 bridgehead atoms. The number of carbonyl (C=O) groups excluding carboxylic acids is 1. The van der Waals surface area contributed by atoms with Gasteiger partial charge in [-0.2, -0.15) is 0 Å². The highest BCUT2D eigenvalue weighted by atomic mass is 35.5. The lowest BCUT2D eigenvalue weighted by Crippen LogP contribution is -2.37. The first-order valence-corrected chi connectivity index (χ1v) is 8.07. The molecule has 0 aromatic heterocycles. The number of hydrogen-bond donors (Lipinski definition) is 1. The van der Waals surface area contributed by atoms with Crippen molar-refractivity contribution in [2.45, 2.75) is 30.2 Å². The van der Waals surface area contributed by atoms with Crippen molar-refractivity contribution in [2.24, 2.45) is 0 Å². The molecule has 0 saturated carbocycles. The number of carbonyl (C=O) groups is 1. The van der Waals surface area contributed by atoms with Crippen LogP contribution in [0.5, 0.6) is 0 Å². The zero-order valence-corrected chi connectivity index (χ0v) is 13.7. The van der Waals surface area contributed by atoms with Gasteiger partial charge in [0, 0.05) is 23.5 Å². The summed E-state index contributed by atoms with van der Waals surface area (Å²) in [5.41, 5.74) is 0.789. The smallest absolute Gasteiger partial charge is 0.253 e. The normalized spacial score (nSPS) is 18.8. The van der Waals surface area contributed by atoms with Crippen LogP contribution < -0.4 is 5.32 Å². The maximum Gasteiger partial charge on any atom is 0.253 e. The van der Waals surface area contributed by atoms with Gasteiger partial charge in [-0.15, -0.1) is 24.2 Å². The molecule has 1 aliphatic rings. The lowest BCUT2D eigenvalue weighted by Gasteiger charge is -2.27. The molecular formula is C15H23ClN2OS. The Kier molecular flexibility index (Phi) is 7.41. The number of nitrogens with one attached hydrogen (secondary N) is 1. The zero-order valence-electron chi connectivity index (χ0n) is 12.1. The number of amides is 1. The second-order valence-corrected chi connectivity index (χ2v) is 5.86. The van der Waals surface area contributed by atoms with E-state index in [9.17, 15) is 4.79 Å². The van der Waals surface area contributed by atoms with Crippen LogP contribution in [0.1, 0.15) is 29.6 Å². The van der Waals surface area contributed by atoms with E-state index in [-0.39, 0.29) is 18.3 Å². The molecule has 1 saturated heterocycles. The van der Waals surface area contributed by atoms with E-state index in [0.29, 0.717) is 6.04 Å². The first-order valence-electron chi connectivity index (χ1n) is 6.84. The van der Waals surface area contributed by atoms with Crippen molar-refractivity contribution in [3.8, 4) is 0 Å². The first kappa shape index (κ1) is 17.3. The molecule has 1 atom stereocenters. The maximum absolute atomic E-state index is 12.5. The molecule has 1 fully saturated rings. The SMILES string of the molecule is CSc1ccc(C(=O)N(C)C2CCCNCC2)cc1.Cl. The number of benzene rings is 1. The summed E-state index contributed by atoms with van der Waals surface area (Å²) in [7, 11) is 1.93. The van der Waals surface area contributed by atoms with E-state index in [1.165, 1.54) is 4.90 Å². The fourth-order valence-corrected chi connectivity index (χ4v) is 2.90. The quantitative estimate of drug-likeness (QED) is 0.870. The molecule has 1 unspecified atom stereocenters. The molecule has 0 spiro atoms. The molecule has 20 heavy (non-hydrogen) atoms. The summed E-state index contributed by atoms with van der Waals surface area (Å²) in [5.74, 6) is 0.138. The van der Waals surface area contributed by atoms with Crippen molar-refractivity contribution in [3.63, 3.8) is 0 Å². The van der Waals surface area contributed by atoms with Crippen LogP contribution in [0.2, 0.25) is 0 Å². The van der Waals surface area contributed by atoms with Crippen LogP contribution in [0.4, 0.5) is 0 Å². The topological polar surface area (TPSA) is 32.3 Å². The van der Waals surface area contributed by atoms with Crippen LogP contribution in [-0.4, -0.2) is 43.2 Å². The van der Waals surface area contributed by atoms with E-state index in [0.717, 1.165) is 37.9 Å². The van der Waals surface area contributed by atoms with E-state index >= 15 is 0 Å². The van der Waals surface area contributed by atoms with Crippen LogP contribution in [0, 0.1) is 0 Å². The molecule has 1 N–H and O–H groups in total. The van der Waals surface area contributed by atoms with Crippen LogP contribution >= 0.6 is 24.2 Å². The van der Waals surface area contributed by atoms with E-state index in [1.54, 1.807) is 11.8 Å². The standard InChI is InChI=1S/C15H22N2OS.ClH/c1-17(13-4-3-10-16-11-9-13)15(18)12-5-7-14(19-2)8-6-12;/h5-8,13,16H,3-4,9-11H2,1-2H3;1H. The Labute approximate surface area is 131 Å². The molecule has 1 aromatic rings. The lowest BCUT2D eigenvalue weighted by atomic mass is 10.1. The van der Waals surface area contributed by atoms with Crippen LogP contribution in [-0.2, 0) is 0 Å². The van der Waals surface area contributed by atoms with Crippen molar-refractivity contribution in [3.05, 3.63) is 29.8 Å². The van der Waals surface area contributed by atoms with Crippen molar-refractivity contribution in [2.75, 3.05) is 26.4 Å². The highest BCUT2D eigenvalue weighted by Crippen LogP contribution is 2.18. The van der Waals surface area contributed by atoms with Gasteiger partial charge in [0.15, 0.2) is 0 Å². The molecule has 0 radical (unpaired) electrons. The van der Waals surface area contributed by atoms with E-state index in [1.807, 2.05) is 42.5 Å². The molecule has 3 nitrogen and oxygen atoms in total. The summed E-state index contributed by atoms with van der Waals surface area (Å²) in [5, 5.41) is 3.39. The fourth-order valence-electron chi connectivity index (χ4n) is 2.49. The molecule has 5 heteroatoms. The summed E-state index contributed by atoms with van der Waals surface area (Å²) in [6, 6.07) is 8.25. The highest BCUT2D eigenvalue weighted by Gasteiger charge is 2.21. The van der Waals surface area contributed by atoms with Gasteiger partial charge in [-0.1, -0.05) is 0 Å². The Bertz CT molecular complexity index is 416. The van der Waals surface area contributed by atoms with Gasteiger partial charge in [-0.25, -0.2) is 0 Å². The largest absolute Gasteiger partial charge is 0.339 e. The molecule has 112 valence electrons. The van der Waals surface area contributed by atoms with Crippen LogP contribution in [0.15, 0.2) is 29.2 Å². The third-order valence-electron chi connectivity index (χ3n) is 3.75. The van der Waals surface area contributed by atoms with Crippen LogP contribution in [0.25, 0.3) is 0 Å². The second kappa shape index (κ2) is 8.55. The number of halogens is 1. The summed E-state index contributed by atoms with van der Waals surface area (Å²) in [6.45, 7) is 2.08. The number of hydrogen-bond acceptors (Lipinski definition) is 3. The minimum Gasteiger partial charge on any atom is -0.339 e. The predicted molar refractivity (Wildman–Crippen MR) is 88.1 cm³/mol. The van der Waals surface area contributed by atoms with Gasteiger partial charge in [0.05, 0.1) is 0 Å². The van der Waals surface area contributed by atoms with Gasteiger partial charge in [0.25, 0.3) is 5.91 Å². The van der Waals surface area contributed by atoms with Gasteiger partial charge in [0.2, 0.25) is 0 Å². The monoisotopic (exact) mass is 314 g/mol. The lowest BCUT2D eigenvalue weighted by molar-refractivity contribution is 0.0720. The molecule has 1 aliphatic heterocycles. The fraction of sp³-hybridized carbons (Fsp3) is 0.533. The summed E-state index contributed by atoms with van der Waals surface area (Å²) in [4.78, 5) is 15.6. The van der Waals surface area contributed by atoms with Gasteiger partial charge >= 0.3 is 0 Å². The Balaban J connectivity index is 0.00000200. The van der Waals surface area contributed by atoms with Gasteiger partial charge in [0.1, 0.15) is 0 Å². The van der Waals surface area contributed by atoms with Gasteiger partial charge in [-0.3, -0.25) is 4.79 Å². The minimum absolute atomic E-state index is 0. The van der Waals surface area contributed by atoms with Crippen molar-refractivity contribution in [1.29, 1.82) is 0 Å². The first-order chi connectivity index (χ1) is 9.22. The molecular weight excluding hydrogens is 292 g/mol. The third kappa shape index (κ3) is 4.40. The average molecular weight is 315 g/mol. The summed E-state index contributed by atoms with van der Waals surface area (Å²) in [6.07, 6.45) is 5.33. The third-order valence-corrected chi connectivity index (χ3v) is 4.49. The maximum atomic E-state index is 12.5. The highest BCUT2D eigenvalue weighted by molar-refractivity contribution is 7.98. The molecule has 0 aliphatic carbocycles. The van der Waals surface area contributed by atoms with Crippen molar-refractivity contribution in [1.82, 2.24) is 10.2 Å². The summed E-state index contributed by atoms with van der Waals surface area (Å²) < 4.78 is 0. The number of rotatable bonds is 3. The predicted octanol–water partition coefficient (Wildman–Crippen LogP) is 3.04. The Hall–Kier alpha value is -0.710. The van der Waals surface area contributed by atoms with Gasteiger partial charge < -0.3 is 10.2 Å². The minimum atomic E-state index is 0. The Morgan fingerprint density at radius 2 is 1.95 bits per heavy atom. The van der Waals surface area contributed by atoms with Crippen molar-refractivity contribution < 1.29 is 4.79 Å². The zero-order chi connectivity index (χ0) is 13.7. The van der Waals surface area contributed by atoms with Gasteiger partial charge in [-0.05, 0) is 62.9 Å². The molecule has 1 amide bonds. The molecule has 1 aromatic carbocycles. The molecule has 1 heterocycles. The Morgan fingerprint density at radius 1 is 1.25 bits per heavy atom. The van der Waals surface area contributed by atoms with E-state index in [4.69, 9.17) is 0 Å². The van der Waals surface area contributed by atoms with E-state index in [2.05, 4.69) is 5.32 Å². The Morgan fingerprint density at radius 3 is 2.60 bits per heavy atom. The van der Waals surface area contributed by atoms with Crippen LogP contribution in [0.3, 0.4) is 0 Å².